The molecular weight excluding hydrogens is 208 g/mol. The molecule has 0 fully saturated rings. The Labute approximate surface area is 97.7 Å². The van der Waals surface area contributed by atoms with E-state index in [1.807, 2.05) is 6.92 Å². The Hall–Kier alpha value is -0.670. The summed E-state index contributed by atoms with van der Waals surface area (Å²) in [6.07, 6.45) is 0.665. The molecule has 0 rings (SSSR count). The molecule has 0 aliphatic carbocycles. The zero-order valence-electron chi connectivity index (χ0n) is 10.4. The van der Waals surface area contributed by atoms with Crippen molar-refractivity contribution in [2.75, 3.05) is 47.2 Å². The lowest BCUT2D eigenvalue weighted by molar-refractivity contribution is 0.0218. The normalized spacial score (nSPS) is 14.4. The summed E-state index contributed by atoms with van der Waals surface area (Å²) in [7, 11) is 3.41. The smallest absolute Gasteiger partial charge is 0.105 e. The first kappa shape index (κ1) is 15.3. The van der Waals surface area contributed by atoms with Crippen molar-refractivity contribution in [2.45, 2.75) is 18.9 Å². The van der Waals surface area contributed by atoms with E-state index in [0.29, 0.717) is 39.5 Å². The Bertz CT molecular complexity index is 206. The van der Waals surface area contributed by atoms with Gasteiger partial charge in [-0.1, -0.05) is 0 Å². The number of nitrogens with zero attached hydrogens (tertiary/aromatic N) is 1. The first-order chi connectivity index (χ1) is 7.68. The minimum absolute atomic E-state index is 0.503. The topological polar surface area (TPSA) is 63.5 Å². The van der Waals surface area contributed by atoms with Crippen molar-refractivity contribution in [1.82, 2.24) is 5.32 Å². The predicted octanol–water partition coefficient (Wildman–Crippen LogP) is 0.558. The van der Waals surface area contributed by atoms with E-state index in [1.165, 1.54) is 0 Å². The molecule has 0 aliphatic heterocycles. The van der Waals surface area contributed by atoms with Gasteiger partial charge in [-0.3, -0.25) is 0 Å². The molecule has 0 radical (unpaired) electrons. The van der Waals surface area contributed by atoms with Crippen molar-refractivity contribution in [3.05, 3.63) is 0 Å². The van der Waals surface area contributed by atoms with Crippen molar-refractivity contribution >= 4 is 0 Å². The molecule has 0 spiro atoms. The van der Waals surface area contributed by atoms with Gasteiger partial charge in [0.25, 0.3) is 0 Å². The van der Waals surface area contributed by atoms with E-state index in [4.69, 9.17) is 19.5 Å². The molecular formula is C11H22N2O3. The fourth-order valence-electron chi connectivity index (χ4n) is 0.977. The maximum atomic E-state index is 8.88. The van der Waals surface area contributed by atoms with Crippen LogP contribution in [-0.4, -0.2) is 52.7 Å². The van der Waals surface area contributed by atoms with Gasteiger partial charge in [-0.05, 0) is 14.0 Å². The van der Waals surface area contributed by atoms with Crippen LogP contribution < -0.4 is 5.32 Å². The van der Waals surface area contributed by atoms with Gasteiger partial charge in [-0.15, -0.1) is 0 Å². The third-order valence-corrected chi connectivity index (χ3v) is 2.35. The van der Waals surface area contributed by atoms with Crippen LogP contribution in [0.15, 0.2) is 0 Å². The predicted molar refractivity (Wildman–Crippen MR) is 61.2 cm³/mol. The summed E-state index contributed by atoms with van der Waals surface area (Å²) in [4.78, 5) is 0. The molecule has 0 bridgehead atoms. The average molecular weight is 230 g/mol. The summed E-state index contributed by atoms with van der Waals surface area (Å²) in [5, 5.41) is 11.8. The molecule has 0 aromatic carbocycles. The maximum absolute atomic E-state index is 8.88. The second kappa shape index (κ2) is 9.55. The summed E-state index contributed by atoms with van der Waals surface area (Å²) in [5.74, 6) is 0. The van der Waals surface area contributed by atoms with E-state index in [2.05, 4.69) is 11.4 Å². The summed E-state index contributed by atoms with van der Waals surface area (Å²) in [5.41, 5.74) is -0.503. The van der Waals surface area contributed by atoms with Crippen LogP contribution in [-0.2, 0) is 14.2 Å². The highest BCUT2D eigenvalue weighted by molar-refractivity contribution is 5.02. The van der Waals surface area contributed by atoms with Crippen molar-refractivity contribution in [3.63, 3.8) is 0 Å². The minimum atomic E-state index is -0.503. The summed E-state index contributed by atoms with van der Waals surface area (Å²) < 4.78 is 15.4. The van der Waals surface area contributed by atoms with E-state index >= 15 is 0 Å². The molecule has 1 N–H and O–H groups in total. The van der Waals surface area contributed by atoms with Crippen LogP contribution in [0.25, 0.3) is 0 Å². The number of methoxy groups -OCH3 is 1. The van der Waals surface area contributed by atoms with E-state index < -0.39 is 5.54 Å². The van der Waals surface area contributed by atoms with Crippen LogP contribution in [0.3, 0.4) is 0 Å². The van der Waals surface area contributed by atoms with Gasteiger partial charge in [-0.25, -0.2) is 0 Å². The zero-order chi connectivity index (χ0) is 12.3. The Morgan fingerprint density at radius 1 is 1.12 bits per heavy atom. The first-order valence-electron chi connectivity index (χ1n) is 5.43. The molecule has 16 heavy (non-hydrogen) atoms. The van der Waals surface area contributed by atoms with Gasteiger partial charge >= 0.3 is 0 Å². The molecule has 0 aliphatic rings. The minimum Gasteiger partial charge on any atom is -0.382 e. The standard InChI is InChI=1S/C11H22N2O3/c1-11(10-12,13-2)4-5-15-8-9-16-7-6-14-3/h13H,4-9H2,1-3H3. The van der Waals surface area contributed by atoms with Gasteiger partial charge in [0, 0.05) is 20.1 Å². The van der Waals surface area contributed by atoms with E-state index in [1.54, 1.807) is 14.2 Å². The van der Waals surface area contributed by atoms with Crippen LogP contribution >= 0.6 is 0 Å². The van der Waals surface area contributed by atoms with Gasteiger partial charge in [0.15, 0.2) is 0 Å². The third-order valence-electron chi connectivity index (χ3n) is 2.35. The molecule has 1 atom stereocenters. The van der Waals surface area contributed by atoms with Gasteiger partial charge < -0.3 is 19.5 Å². The number of hydrogen-bond acceptors (Lipinski definition) is 5. The molecule has 94 valence electrons. The second-order valence-corrected chi connectivity index (χ2v) is 3.66. The molecule has 0 aromatic rings. The average Bonchev–Trinajstić information content (AvgIpc) is 2.32. The van der Waals surface area contributed by atoms with Gasteiger partial charge in [0.05, 0.1) is 32.5 Å². The second-order valence-electron chi connectivity index (χ2n) is 3.66. The molecule has 0 aromatic heterocycles. The number of hydrogen-bond donors (Lipinski definition) is 1. The molecule has 0 amide bonds. The van der Waals surface area contributed by atoms with Crippen molar-refractivity contribution in [2.24, 2.45) is 0 Å². The largest absolute Gasteiger partial charge is 0.382 e. The molecule has 0 heterocycles. The van der Waals surface area contributed by atoms with Crippen molar-refractivity contribution in [3.8, 4) is 6.07 Å². The number of ether oxygens (including phenoxy) is 3. The summed E-state index contributed by atoms with van der Waals surface area (Å²) in [6.45, 7) is 4.71. The molecule has 5 heteroatoms. The van der Waals surface area contributed by atoms with Crippen LogP contribution in [0.1, 0.15) is 13.3 Å². The van der Waals surface area contributed by atoms with Crippen LogP contribution in [0, 0.1) is 11.3 Å². The monoisotopic (exact) mass is 230 g/mol. The highest BCUT2D eigenvalue weighted by Gasteiger charge is 2.20. The van der Waals surface area contributed by atoms with Gasteiger partial charge in [0.2, 0.25) is 0 Å². The molecule has 0 saturated carbocycles. The van der Waals surface area contributed by atoms with Gasteiger partial charge in [-0.2, -0.15) is 5.26 Å². The Kier molecular flexibility index (Phi) is 9.15. The maximum Gasteiger partial charge on any atom is 0.105 e. The van der Waals surface area contributed by atoms with Crippen molar-refractivity contribution < 1.29 is 14.2 Å². The molecule has 0 saturated heterocycles. The molecule has 1 unspecified atom stereocenters. The van der Waals surface area contributed by atoms with E-state index in [9.17, 15) is 0 Å². The van der Waals surface area contributed by atoms with Crippen LogP contribution in [0.2, 0.25) is 0 Å². The number of nitrogens with one attached hydrogen (secondary N) is 1. The lowest BCUT2D eigenvalue weighted by Gasteiger charge is -2.20. The fourth-order valence-corrected chi connectivity index (χ4v) is 0.977. The van der Waals surface area contributed by atoms with Gasteiger partial charge in [0.1, 0.15) is 5.54 Å². The number of rotatable bonds is 10. The third kappa shape index (κ3) is 7.60. The van der Waals surface area contributed by atoms with Crippen LogP contribution in [0.4, 0.5) is 0 Å². The fraction of sp³-hybridized carbons (Fsp3) is 0.909. The SMILES string of the molecule is CNC(C)(C#N)CCOCCOCCOC. The highest BCUT2D eigenvalue weighted by atomic mass is 16.5. The Balaban J connectivity index is 3.30. The van der Waals surface area contributed by atoms with Crippen molar-refractivity contribution in [1.29, 1.82) is 5.26 Å². The number of nitriles is 1. The summed E-state index contributed by atoms with van der Waals surface area (Å²) in [6, 6.07) is 2.21. The van der Waals surface area contributed by atoms with Crippen LogP contribution in [0.5, 0.6) is 0 Å². The first-order valence-corrected chi connectivity index (χ1v) is 5.43. The quantitative estimate of drug-likeness (QED) is 0.555. The highest BCUT2D eigenvalue weighted by Crippen LogP contribution is 2.06. The lowest BCUT2D eigenvalue weighted by atomic mass is 10.0. The summed E-state index contributed by atoms with van der Waals surface area (Å²) >= 11 is 0. The molecule has 5 nitrogen and oxygen atoms in total. The van der Waals surface area contributed by atoms with E-state index in [0.717, 1.165) is 0 Å². The van der Waals surface area contributed by atoms with E-state index in [-0.39, 0.29) is 0 Å². The Morgan fingerprint density at radius 2 is 1.69 bits per heavy atom. The Morgan fingerprint density at radius 3 is 2.19 bits per heavy atom. The lowest BCUT2D eigenvalue weighted by Crippen LogP contribution is -2.39. The zero-order valence-corrected chi connectivity index (χ0v) is 10.4.